The van der Waals surface area contributed by atoms with Gasteiger partial charge in [-0.05, 0) is 50.3 Å². The number of halogens is 2. The van der Waals surface area contributed by atoms with Crippen molar-refractivity contribution in [1.29, 1.82) is 5.41 Å². The lowest BCUT2D eigenvalue weighted by molar-refractivity contribution is -0.112. The SMILES string of the molecule is CCC12CC(=N)C(C(=O)I)CC1C(NC)Cc1c(Br)cc(O)c(O)c12. The number of carbonyl (C=O) groups excluding carboxylic acids is 1. The van der Waals surface area contributed by atoms with Crippen LogP contribution in [0.5, 0.6) is 11.5 Å². The third kappa shape index (κ3) is 2.82. The Bertz CT molecular complexity index is 754. The maximum Gasteiger partial charge on any atom is 0.201 e. The predicted molar refractivity (Wildman–Crippen MR) is 109 cm³/mol. The second-order valence-corrected chi connectivity index (χ2v) is 9.01. The number of likely N-dealkylation sites (N-methyl/N-ethyl adjacent to an activating group) is 1. The van der Waals surface area contributed by atoms with Gasteiger partial charge in [0.15, 0.2) is 11.5 Å². The fourth-order valence-electron chi connectivity index (χ4n) is 4.90. The largest absolute Gasteiger partial charge is 0.504 e. The average molecular weight is 521 g/mol. The van der Waals surface area contributed by atoms with Crippen LogP contribution in [0.1, 0.15) is 37.3 Å². The van der Waals surface area contributed by atoms with Crippen LogP contribution in [0.2, 0.25) is 0 Å². The van der Waals surface area contributed by atoms with Crippen LogP contribution in [0.4, 0.5) is 0 Å². The first kappa shape index (κ1) is 19.1. The van der Waals surface area contributed by atoms with E-state index >= 15 is 0 Å². The Labute approximate surface area is 169 Å². The van der Waals surface area contributed by atoms with E-state index in [0.717, 1.165) is 22.0 Å². The van der Waals surface area contributed by atoms with E-state index < -0.39 is 5.41 Å². The van der Waals surface area contributed by atoms with Gasteiger partial charge in [-0.3, -0.25) is 4.79 Å². The van der Waals surface area contributed by atoms with Crippen molar-refractivity contribution in [2.24, 2.45) is 11.8 Å². The molecule has 0 aliphatic heterocycles. The zero-order valence-corrected chi connectivity index (χ0v) is 17.9. The molecule has 4 N–H and O–H groups in total. The molecule has 1 aromatic rings. The van der Waals surface area contributed by atoms with Gasteiger partial charge in [0, 0.05) is 49.8 Å². The molecule has 7 heteroatoms. The third-order valence-corrected chi connectivity index (χ3v) is 7.60. The Morgan fingerprint density at radius 2 is 2.20 bits per heavy atom. The molecule has 0 bridgehead atoms. The molecule has 2 aliphatic rings. The number of fused-ring (bicyclic) bond motifs is 3. The fourth-order valence-corrected chi connectivity index (χ4v) is 6.11. The van der Waals surface area contributed by atoms with Crippen molar-refractivity contribution in [2.75, 3.05) is 7.05 Å². The molecule has 3 rings (SSSR count). The van der Waals surface area contributed by atoms with Crippen molar-refractivity contribution < 1.29 is 15.0 Å². The summed E-state index contributed by atoms with van der Waals surface area (Å²) in [6, 6.07) is 1.69. The normalized spacial score (nSPS) is 31.4. The van der Waals surface area contributed by atoms with Crippen LogP contribution >= 0.6 is 38.5 Å². The smallest absolute Gasteiger partial charge is 0.201 e. The van der Waals surface area contributed by atoms with Crippen LogP contribution in [0.3, 0.4) is 0 Å². The minimum atomic E-state index is -0.452. The number of benzene rings is 1. The average Bonchev–Trinajstić information content (AvgIpc) is 2.57. The number of hydrogen-bond acceptors (Lipinski definition) is 5. The number of nitrogens with one attached hydrogen (secondary N) is 2. The highest BCUT2D eigenvalue weighted by atomic mass is 127. The lowest BCUT2D eigenvalue weighted by atomic mass is 9.52. The molecule has 4 atom stereocenters. The molecule has 0 heterocycles. The minimum absolute atomic E-state index is 0.00858. The van der Waals surface area contributed by atoms with Gasteiger partial charge in [-0.2, -0.15) is 0 Å². The monoisotopic (exact) mass is 520 g/mol. The molecule has 4 unspecified atom stereocenters. The van der Waals surface area contributed by atoms with E-state index in [-0.39, 0.29) is 33.2 Å². The highest BCUT2D eigenvalue weighted by Gasteiger charge is 2.54. The van der Waals surface area contributed by atoms with Crippen molar-refractivity contribution in [3.8, 4) is 11.5 Å². The second kappa shape index (κ2) is 6.81. The number of hydrogen-bond donors (Lipinski definition) is 4. The molecule has 0 amide bonds. The first-order valence-electron chi connectivity index (χ1n) is 8.44. The highest BCUT2D eigenvalue weighted by Crippen LogP contribution is 2.57. The zero-order valence-electron chi connectivity index (χ0n) is 14.2. The Morgan fingerprint density at radius 1 is 1.52 bits per heavy atom. The van der Waals surface area contributed by atoms with E-state index in [1.807, 2.05) is 7.05 Å². The Morgan fingerprint density at radius 3 is 2.76 bits per heavy atom. The number of aromatic hydroxyl groups is 2. The van der Waals surface area contributed by atoms with E-state index in [2.05, 4.69) is 28.2 Å². The summed E-state index contributed by atoms with van der Waals surface area (Å²) in [5, 5.41) is 32.7. The number of carbonyl (C=O) groups is 1. The van der Waals surface area contributed by atoms with Crippen molar-refractivity contribution in [2.45, 2.75) is 44.1 Å². The van der Waals surface area contributed by atoms with Gasteiger partial charge in [0.25, 0.3) is 0 Å². The second-order valence-electron chi connectivity index (χ2n) is 7.09. The molecule has 0 radical (unpaired) electrons. The molecule has 25 heavy (non-hydrogen) atoms. The molecule has 5 nitrogen and oxygen atoms in total. The Balaban J connectivity index is 2.25. The van der Waals surface area contributed by atoms with Crippen LogP contribution in [0, 0.1) is 17.2 Å². The van der Waals surface area contributed by atoms with E-state index in [0.29, 0.717) is 25.0 Å². The Hall–Kier alpha value is -0.670. The minimum Gasteiger partial charge on any atom is -0.504 e. The summed E-state index contributed by atoms with van der Waals surface area (Å²) in [7, 11) is 1.92. The van der Waals surface area contributed by atoms with Crippen molar-refractivity contribution >= 4 is 48.0 Å². The lowest BCUT2D eigenvalue weighted by Crippen LogP contribution is -2.57. The summed E-state index contributed by atoms with van der Waals surface area (Å²) in [4.78, 5) is 12.0. The van der Waals surface area contributed by atoms with Crippen LogP contribution < -0.4 is 5.32 Å². The molecule has 1 saturated carbocycles. The van der Waals surface area contributed by atoms with Gasteiger partial charge in [0.2, 0.25) is 3.79 Å². The molecule has 1 fully saturated rings. The van der Waals surface area contributed by atoms with Crippen molar-refractivity contribution in [3.63, 3.8) is 0 Å². The summed E-state index contributed by atoms with van der Waals surface area (Å²) in [5.41, 5.74) is 1.72. The quantitative estimate of drug-likeness (QED) is 0.278. The number of rotatable bonds is 3. The van der Waals surface area contributed by atoms with E-state index in [1.54, 1.807) is 22.6 Å². The van der Waals surface area contributed by atoms with Crippen LogP contribution in [0.15, 0.2) is 10.5 Å². The molecule has 0 spiro atoms. The topological polar surface area (TPSA) is 93.4 Å². The highest BCUT2D eigenvalue weighted by molar-refractivity contribution is 14.1. The molecule has 0 saturated heterocycles. The predicted octanol–water partition coefficient (Wildman–Crippen LogP) is 3.66. The van der Waals surface area contributed by atoms with Crippen LogP contribution in [0.25, 0.3) is 0 Å². The van der Waals surface area contributed by atoms with Gasteiger partial charge in [-0.15, -0.1) is 0 Å². The van der Waals surface area contributed by atoms with E-state index in [4.69, 9.17) is 5.41 Å². The maximum absolute atomic E-state index is 12.0. The summed E-state index contributed by atoms with van der Waals surface area (Å²) < 4.78 is 0.789. The standard InChI is InChI=1S/C18H22BrIN2O3/c1-3-18-7-12(21)9(17(20)25)4-10(18)13(22-2)5-8-11(19)6-14(23)16(24)15(8)18/h6,9-10,13,21-24H,3-5,7H2,1-2H3. The summed E-state index contributed by atoms with van der Waals surface area (Å²) in [5.74, 6) is -0.455. The summed E-state index contributed by atoms with van der Waals surface area (Å²) in [6.07, 6.45) is 2.48. The summed E-state index contributed by atoms with van der Waals surface area (Å²) >= 11 is 5.33. The summed E-state index contributed by atoms with van der Waals surface area (Å²) in [6.45, 7) is 2.06. The van der Waals surface area contributed by atoms with E-state index in [1.165, 1.54) is 6.07 Å². The van der Waals surface area contributed by atoms with Crippen molar-refractivity contribution in [3.05, 3.63) is 21.7 Å². The first-order valence-corrected chi connectivity index (χ1v) is 10.3. The molecule has 2 aliphatic carbocycles. The van der Waals surface area contributed by atoms with Crippen LogP contribution in [-0.2, 0) is 16.6 Å². The molecular formula is C18H22BrIN2O3. The van der Waals surface area contributed by atoms with Gasteiger partial charge in [-0.1, -0.05) is 22.9 Å². The van der Waals surface area contributed by atoms with E-state index in [9.17, 15) is 15.0 Å². The van der Waals surface area contributed by atoms with Gasteiger partial charge in [-0.25, -0.2) is 0 Å². The number of phenols is 2. The first-order chi connectivity index (χ1) is 11.8. The fraction of sp³-hybridized carbons (Fsp3) is 0.556. The van der Waals surface area contributed by atoms with Crippen molar-refractivity contribution in [1.82, 2.24) is 5.32 Å². The van der Waals surface area contributed by atoms with Gasteiger partial charge in [0.1, 0.15) is 0 Å². The Kier molecular flexibility index (Phi) is 5.20. The molecular weight excluding hydrogens is 499 g/mol. The van der Waals surface area contributed by atoms with Gasteiger partial charge < -0.3 is 20.9 Å². The zero-order chi connectivity index (χ0) is 18.5. The molecule has 136 valence electrons. The van der Waals surface area contributed by atoms with Gasteiger partial charge >= 0.3 is 0 Å². The molecule has 0 aromatic heterocycles. The molecule has 1 aromatic carbocycles. The number of phenolic OH excluding ortho intramolecular Hbond substituents is 2. The van der Waals surface area contributed by atoms with Crippen LogP contribution in [-0.4, -0.2) is 32.8 Å². The lowest BCUT2D eigenvalue weighted by Gasteiger charge is -2.53. The maximum atomic E-state index is 12.0. The third-order valence-electron chi connectivity index (χ3n) is 6.14. The van der Waals surface area contributed by atoms with Gasteiger partial charge in [0.05, 0.1) is 5.92 Å².